The van der Waals surface area contributed by atoms with E-state index >= 15 is 0 Å². The van der Waals surface area contributed by atoms with Crippen molar-refractivity contribution in [3.05, 3.63) is 29.8 Å². The largest absolute Gasteiger partial charge is 0.299 e. The van der Waals surface area contributed by atoms with Gasteiger partial charge in [0.2, 0.25) is 0 Å². The van der Waals surface area contributed by atoms with Gasteiger partial charge in [0, 0.05) is 17.8 Å². The van der Waals surface area contributed by atoms with Gasteiger partial charge in [-0.3, -0.25) is 4.79 Å². The predicted octanol–water partition coefficient (Wildman–Crippen LogP) is 0.566. The lowest BCUT2D eigenvalue weighted by Crippen LogP contribution is -2.10. The monoisotopic (exact) mass is 184 g/mol. The van der Waals surface area contributed by atoms with Gasteiger partial charge in [0.05, 0.1) is 0 Å². The average Bonchev–Trinajstić information content (AvgIpc) is 2.83. The Morgan fingerprint density at radius 3 is 2.86 bits per heavy atom. The third-order valence-corrected chi connectivity index (χ3v) is 3.87. The minimum atomic E-state index is 0.267. The second-order valence-electron chi connectivity index (χ2n) is 4.75. The maximum atomic E-state index is 11.5. The van der Waals surface area contributed by atoms with E-state index < -0.39 is 0 Å². The lowest BCUT2D eigenvalue weighted by molar-refractivity contribution is -0.119. The van der Waals surface area contributed by atoms with Crippen LogP contribution in [0.1, 0.15) is 24.8 Å². The molecule has 0 aromatic heterocycles. The number of rotatable bonds is 1. The quantitative estimate of drug-likeness (QED) is 0.583. The van der Waals surface area contributed by atoms with Crippen LogP contribution in [0.5, 0.6) is 0 Å². The first kappa shape index (κ1) is 8.28. The van der Waals surface area contributed by atoms with E-state index in [0.717, 1.165) is 19.3 Å². The molecule has 2 fully saturated rings. The fourth-order valence-electron chi connectivity index (χ4n) is 2.94. The fraction of sp³-hybridized carbons (Fsp3) is 0.417. The van der Waals surface area contributed by atoms with Gasteiger partial charge in [-0.2, -0.15) is 0 Å². The van der Waals surface area contributed by atoms with E-state index in [-0.39, 0.29) is 5.41 Å². The third kappa shape index (κ3) is 0.942. The van der Waals surface area contributed by atoms with Gasteiger partial charge in [-0.05, 0) is 18.4 Å². The first-order valence-corrected chi connectivity index (χ1v) is 5.32. The maximum absolute atomic E-state index is 11.5. The van der Waals surface area contributed by atoms with Crippen molar-refractivity contribution >= 4 is 19.1 Å². The van der Waals surface area contributed by atoms with Crippen LogP contribution in [-0.2, 0) is 10.2 Å². The van der Waals surface area contributed by atoms with E-state index in [9.17, 15) is 4.79 Å². The van der Waals surface area contributed by atoms with Crippen molar-refractivity contribution in [2.45, 2.75) is 24.7 Å². The van der Waals surface area contributed by atoms with Crippen LogP contribution in [0.4, 0.5) is 0 Å². The molecule has 0 saturated heterocycles. The van der Waals surface area contributed by atoms with Gasteiger partial charge in [-0.25, -0.2) is 0 Å². The number of hydrogen-bond acceptors (Lipinski definition) is 1. The van der Waals surface area contributed by atoms with Gasteiger partial charge in [0.15, 0.2) is 0 Å². The van der Waals surface area contributed by atoms with Crippen molar-refractivity contribution < 1.29 is 4.79 Å². The molecule has 2 aliphatic rings. The molecule has 3 rings (SSSR count). The Kier molecular flexibility index (Phi) is 1.48. The highest BCUT2D eigenvalue weighted by Gasteiger charge is 2.62. The molecule has 1 aromatic carbocycles. The fourth-order valence-corrected chi connectivity index (χ4v) is 2.94. The number of carbonyl (C=O) groups is 1. The molecule has 70 valence electrons. The molecule has 2 saturated carbocycles. The Labute approximate surface area is 84.9 Å². The van der Waals surface area contributed by atoms with Crippen LogP contribution < -0.4 is 5.46 Å². The van der Waals surface area contributed by atoms with E-state index in [1.807, 2.05) is 0 Å². The van der Waals surface area contributed by atoms with Crippen LogP contribution >= 0.6 is 0 Å². The molecule has 0 bridgehead atoms. The number of benzene rings is 1. The van der Waals surface area contributed by atoms with Gasteiger partial charge in [-0.15, -0.1) is 0 Å². The van der Waals surface area contributed by atoms with E-state index in [2.05, 4.69) is 32.1 Å². The van der Waals surface area contributed by atoms with Crippen molar-refractivity contribution in [1.29, 1.82) is 0 Å². The summed E-state index contributed by atoms with van der Waals surface area (Å²) in [5.41, 5.74) is 2.97. The van der Waals surface area contributed by atoms with Crippen LogP contribution in [0.3, 0.4) is 0 Å². The molecule has 0 N–H and O–H groups in total. The standard InChI is InChI=1S/C12H13BO/c13-9-3-1-2-8(6-9)12-5-4-11(14)10(12)7-12/h1-3,6,10H,4-5,7,13H2. The summed E-state index contributed by atoms with van der Waals surface area (Å²) < 4.78 is 0. The highest BCUT2D eigenvalue weighted by molar-refractivity contribution is 6.32. The number of hydrogen-bond donors (Lipinski definition) is 0. The second kappa shape index (κ2) is 2.50. The van der Waals surface area contributed by atoms with Gasteiger partial charge in [0.1, 0.15) is 13.6 Å². The van der Waals surface area contributed by atoms with Crippen LogP contribution in [0.25, 0.3) is 0 Å². The topological polar surface area (TPSA) is 17.1 Å². The van der Waals surface area contributed by atoms with Crippen LogP contribution in [0, 0.1) is 5.92 Å². The molecular formula is C12H13BO. The summed E-state index contributed by atoms with van der Waals surface area (Å²) in [7, 11) is 2.12. The lowest BCUT2D eigenvalue weighted by Gasteiger charge is -2.12. The molecule has 0 radical (unpaired) electrons. The van der Waals surface area contributed by atoms with Gasteiger partial charge in [0.25, 0.3) is 0 Å². The minimum Gasteiger partial charge on any atom is -0.299 e. The molecule has 0 spiro atoms. The summed E-state index contributed by atoms with van der Waals surface area (Å²) in [5, 5.41) is 0. The van der Waals surface area contributed by atoms with Crippen molar-refractivity contribution in [3.8, 4) is 0 Å². The molecule has 2 aliphatic carbocycles. The van der Waals surface area contributed by atoms with Crippen molar-refractivity contribution in [1.82, 2.24) is 0 Å². The number of ketones is 1. The van der Waals surface area contributed by atoms with Crippen molar-refractivity contribution in [2.75, 3.05) is 0 Å². The lowest BCUT2D eigenvalue weighted by atomic mass is 9.87. The second-order valence-corrected chi connectivity index (χ2v) is 4.75. The number of carbonyl (C=O) groups excluding carboxylic acids is 1. The smallest absolute Gasteiger partial charge is 0.139 e. The first-order valence-electron chi connectivity index (χ1n) is 5.32. The number of fused-ring (bicyclic) bond motifs is 1. The Balaban J connectivity index is 2.01. The summed E-state index contributed by atoms with van der Waals surface area (Å²) in [5.74, 6) is 0.857. The first-order chi connectivity index (χ1) is 6.72. The Morgan fingerprint density at radius 1 is 1.43 bits per heavy atom. The van der Waals surface area contributed by atoms with Gasteiger partial charge in [-0.1, -0.05) is 29.7 Å². The summed E-state index contributed by atoms with van der Waals surface area (Å²) in [6.45, 7) is 0. The molecule has 0 amide bonds. The van der Waals surface area contributed by atoms with Crippen LogP contribution in [0.2, 0.25) is 0 Å². The molecule has 0 aliphatic heterocycles. The van der Waals surface area contributed by atoms with E-state index in [4.69, 9.17) is 0 Å². The van der Waals surface area contributed by atoms with Crippen molar-refractivity contribution in [2.24, 2.45) is 5.92 Å². The zero-order valence-electron chi connectivity index (χ0n) is 8.42. The number of Topliss-reactive ketones (excluding diaryl/α,β-unsaturated/α-hetero) is 1. The Morgan fingerprint density at radius 2 is 2.29 bits per heavy atom. The zero-order valence-corrected chi connectivity index (χ0v) is 8.42. The zero-order chi connectivity index (χ0) is 9.76. The van der Waals surface area contributed by atoms with E-state index in [0.29, 0.717) is 11.7 Å². The van der Waals surface area contributed by atoms with Crippen LogP contribution in [0.15, 0.2) is 24.3 Å². The molecule has 2 atom stereocenters. The van der Waals surface area contributed by atoms with Crippen LogP contribution in [-0.4, -0.2) is 13.6 Å². The highest BCUT2D eigenvalue weighted by atomic mass is 16.1. The van der Waals surface area contributed by atoms with E-state index in [1.165, 1.54) is 11.0 Å². The molecule has 1 nitrogen and oxygen atoms in total. The predicted molar refractivity (Wildman–Crippen MR) is 58.6 cm³/mol. The third-order valence-electron chi connectivity index (χ3n) is 3.87. The van der Waals surface area contributed by atoms with Gasteiger partial charge >= 0.3 is 0 Å². The summed E-state index contributed by atoms with van der Waals surface area (Å²) in [6.07, 6.45) is 2.99. The van der Waals surface area contributed by atoms with Gasteiger partial charge < -0.3 is 0 Å². The Bertz CT molecular complexity index is 413. The summed E-state index contributed by atoms with van der Waals surface area (Å²) in [6, 6.07) is 8.66. The SMILES string of the molecule is Bc1cccc(C23CCC(=O)C2C3)c1. The minimum absolute atomic E-state index is 0.267. The summed E-state index contributed by atoms with van der Waals surface area (Å²) >= 11 is 0. The molecular weight excluding hydrogens is 171 g/mol. The molecule has 2 unspecified atom stereocenters. The van der Waals surface area contributed by atoms with Crippen molar-refractivity contribution in [3.63, 3.8) is 0 Å². The molecule has 2 heteroatoms. The summed E-state index contributed by atoms with van der Waals surface area (Å²) in [4.78, 5) is 11.5. The molecule has 1 aromatic rings. The normalized spacial score (nSPS) is 34.3. The average molecular weight is 184 g/mol. The maximum Gasteiger partial charge on any atom is 0.139 e. The van der Waals surface area contributed by atoms with E-state index in [1.54, 1.807) is 0 Å². The Hall–Kier alpha value is -1.05. The highest BCUT2D eigenvalue weighted by Crippen LogP contribution is 2.62. The molecule has 14 heavy (non-hydrogen) atoms. The molecule has 0 heterocycles.